The van der Waals surface area contributed by atoms with Crippen LogP contribution in [0, 0.1) is 0 Å². The number of hydrogen-bond donors (Lipinski definition) is 1. The van der Waals surface area contributed by atoms with Crippen molar-refractivity contribution in [3.8, 4) is 5.88 Å². The zero-order chi connectivity index (χ0) is 10.5. The fourth-order valence-corrected chi connectivity index (χ4v) is 2.02. The molecule has 3 nitrogen and oxygen atoms in total. The fraction of sp³-hybridized carbons (Fsp3) is 0.545. The predicted molar refractivity (Wildman–Crippen MR) is 62.6 cm³/mol. The van der Waals surface area contributed by atoms with Gasteiger partial charge in [0, 0.05) is 22.8 Å². The molecular weight excluding hydrogens is 256 g/mol. The topological polar surface area (TPSA) is 34.1 Å². The first-order chi connectivity index (χ1) is 7.34. The number of halogens is 1. The maximum atomic E-state index is 5.42. The van der Waals surface area contributed by atoms with Crippen molar-refractivity contribution in [2.24, 2.45) is 0 Å². The summed E-state index contributed by atoms with van der Waals surface area (Å²) in [4.78, 5) is 9.55. The van der Waals surface area contributed by atoms with Gasteiger partial charge < -0.3 is 4.84 Å². The van der Waals surface area contributed by atoms with Gasteiger partial charge in [0.2, 0.25) is 5.88 Å². The molecule has 0 aromatic carbocycles. The van der Waals surface area contributed by atoms with Gasteiger partial charge in [0.25, 0.3) is 0 Å². The van der Waals surface area contributed by atoms with Crippen molar-refractivity contribution in [2.75, 3.05) is 0 Å². The van der Waals surface area contributed by atoms with Crippen LogP contribution in [0.3, 0.4) is 0 Å². The Bertz CT molecular complexity index is 296. The standard InChI is InChI=1S/C11H15BrN2O/c12-9-6-7-11(13-8-9)15-14-10-4-2-1-3-5-10/h6-8,10,14H,1-5H2. The summed E-state index contributed by atoms with van der Waals surface area (Å²) in [6.07, 6.45) is 8.10. The Morgan fingerprint density at radius 3 is 2.73 bits per heavy atom. The van der Waals surface area contributed by atoms with E-state index in [9.17, 15) is 0 Å². The molecular formula is C11H15BrN2O. The molecule has 1 aromatic heterocycles. The summed E-state index contributed by atoms with van der Waals surface area (Å²) in [5, 5.41) is 0. The third-order valence-electron chi connectivity index (χ3n) is 2.64. The van der Waals surface area contributed by atoms with Crippen molar-refractivity contribution >= 4 is 15.9 Å². The van der Waals surface area contributed by atoms with E-state index >= 15 is 0 Å². The van der Waals surface area contributed by atoms with Crippen LogP contribution < -0.4 is 10.3 Å². The molecule has 0 saturated heterocycles. The van der Waals surface area contributed by atoms with Gasteiger partial charge in [0.15, 0.2) is 0 Å². The number of hydrogen-bond acceptors (Lipinski definition) is 3. The van der Waals surface area contributed by atoms with E-state index in [1.807, 2.05) is 12.1 Å². The average Bonchev–Trinajstić information content (AvgIpc) is 2.30. The number of pyridine rings is 1. The Labute approximate surface area is 98.3 Å². The maximum Gasteiger partial charge on any atom is 0.237 e. The van der Waals surface area contributed by atoms with Gasteiger partial charge in [-0.2, -0.15) is 5.48 Å². The van der Waals surface area contributed by atoms with Crippen molar-refractivity contribution in [3.63, 3.8) is 0 Å². The van der Waals surface area contributed by atoms with Gasteiger partial charge in [-0.1, -0.05) is 19.3 Å². The highest BCUT2D eigenvalue weighted by molar-refractivity contribution is 9.10. The normalized spacial score (nSPS) is 17.7. The van der Waals surface area contributed by atoms with Gasteiger partial charge in [0.1, 0.15) is 0 Å². The lowest BCUT2D eigenvalue weighted by atomic mass is 9.96. The summed E-state index contributed by atoms with van der Waals surface area (Å²) in [6, 6.07) is 4.26. The van der Waals surface area contributed by atoms with Crippen LogP contribution in [-0.2, 0) is 0 Å². The van der Waals surface area contributed by atoms with Gasteiger partial charge in [0.05, 0.1) is 0 Å². The molecule has 82 valence electrons. The summed E-state index contributed by atoms with van der Waals surface area (Å²) in [5.41, 5.74) is 3.08. The first-order valence-corrected chi connectivity index (χ1v) is 6.18. The zero-order valence-corrected chi connectivity index (χ0v) is 10.2. The largest absolute Gasteiger partial charge is 0.388 e. The van der Waals surface area contributed by atoms with E-state index in [2.05, 4.69) is 26.4 Å². The zero-order valence-electron chi connectivity index (χ0n) is 8.58. The first-order valence-electron chi connectivity index (χ1n) is 5.38. The van der Waals surface area contributed by atoms with E-state index in [0.29, 0.717) is 11.9 Å². The molecule has 0 bridgehead atoms. The number of hydroxylamine groups is 1. The van der Waals surface area contributed by atoms with Crippen LogP contribution in [0.1, 0.15) is 32.1 Å². The molecule has 4 heteroatoms. The van der Waals surface area contributed by atoms with Gasteiger partial charge in [-0.05, 0) is 34.8 Å². The van der Waals surface area contributed by atoms with Crippen molar-refractivity contribution in [1.29, 1.82) is 0 Å². The monoisotopic (exact) mass is 270 g/mol. The summed E-state index contributed by atoms with van der Waals surface area (Å²) < 4.78 is 0.965. The van der Waals surface area contributed by atoms with Crippen LogP contribution in [-0.4, -0.2) is 11.0 Å². The van der Waals surface area contributed by atoms with Crippen LogP contribution in [0.25, 0.3) is 0 Å². The molecule has 1 aromatic rings. The molecule has 1 N–H and O–H groups in total. The average molecular weight is 271 g/mol. The van der Waals surface area contributed by atoms with Crippen LogP contribution in [0.5, 0.6) is 5.88 Å². The lowest BCUT2D eigenvalue weighted by molar-refractivity contribution is 0.127. The second-order valence-corrected chi connectivity index (χ2v) is 4.79. The molecule has 0 spiro atoms. The van der Waals surface area contributed by atoms with Gasteiger partial charge in [-0.15, -0.1) is 0 Å². The minimum atomic E-state index is 0.490. The molecule has 1 aliphatic rings. The van der Waals surface area contributed by atoms with Crippen molar-refractivity contribution in [2.45, 2.75) is 38.1 Å². The minimum Gasteiger partial charge on any atom is -0.388 e. The van der Waals surface area contributed by atoms with Crippen molar-refractivity contribution in [3.05, 3.63) is 22.8 Å². The van der Waals surface area contributed by atoms with E-state index in [1.54, 1.807) is 6.20 Å². The van der Waals surface area contributed by atoms with E-state index in [0.717, 1.165) is 4.47 Å². The number of aromatic nitrogens is 1. The molecule has 0 amide bonds. The van der Waals surface area contributed by atoms with E-state index in [-0.39, 0.29) is 0 Å². The van der Waals surface area contributed by atoms with Crippen LogP contribution >= 0.6 is 15.9 Å². The molecule has 1 heterocycles. The Kier molecular flexibility index (Phi) is 3.97. The highest BCUT2D eigenvalue weighted by Gasteiger charge is 2.13. The minimum absolute atomic E-state index is 0.490. The smallest absolute Gasteiger partial charge is 0.237 e. The molecule has 0 atom stereocenters. The van der Waals surface area contributed by atoms with Crippen molar-refractivity contribution < 1.29 is 4.84 Å². The molecule has 2 rings (SSSR count). The third kappa shape index (κ3) is 3.47. The number of rotatable bonds is 3. The maximum absolute atomic E-state index is 5.42. The molecule has 0 unspecified atom stereocenters. The van der Waals surface area contributed by atoms with Gasteiger partial charge >= 0.3 is 0 Å². The quantitative estimate of drug-likeness (QED) is 0.858. The lowest BCUT2D eigenvalue weighted by Crippen LogP contribution is -2.33. The lowest BCUT2D eigenvalue weighted by Gasteiger charge is -2.21. The number of nitrogens with zero attached hydrogens (tertiary/aromatic N) is 1. The Hall–Kier alpha value is -0.610. The summed E-state index contributed by atoms with van der Waals surface area (Å²) in [7, 11) is 0. The van der Waals surface area contributed by atoms with Crippen LogP contribution in [0.4, 0.5) is 0 Å². The second-order valence-electron chi connectivity index (χ2n) is 3.87. The second kappa shape index (κ2) is 5.47. The highest BCUT2D eigenvalue weighted by atomic mass is 79.9. The van der Waals surface area contributed by atoms with E-state index < -0.39 is 0 Å². The van der Waals surface area contributed by atoms with Crippen LogP contribution in [0.15, 0.2) is 22.8 Å². The molecule has 0 aliphatic heterocycles. The van der Waals surface area contributed by atoms with Gasteiger partial charge in [-0.3, -0.25) is 0 Å². The molecule has 1 aliphatic carbocycles. The Morgan fingerprint density at radius 1 is 1.27 bits per heavy atom. The predicted octanol–water partition coefficient (Wildman–Crippen LogP) is 3.06. The number of nitrogens with one attached hydrogen (secondary N) is 1. The molecule has 15 heavy (non-hydrogen) atoms. The molecule has 0 radical (unpaired) electrons. The molecule has 1 fully saturated rings. The van der Waals surface area contributed by atoms with E-state index in [1.165, 1.54) is 32.1 Å². The summed E-state index contributed by atoms with van der Waals surface area (Å²) >= 11 is 3.33. The first kappa shape index (κ1) is 10.9. The summed E-state index contributed by atoms with van der Waals surface area (Å²) in [5.74, 6) is 0.628. The van der Waals surface area contributed by atoms with E-state index in [4.69, 9.17) is 4.84 Å². The fourth-order valence-electron chi connectivity index (χ4n) is 1.79. The van der Waals surface area contributed by atoms with Crippen molar-refractivity contribution in [1.82, 2.24) is 10.5 Å². The third-order valence-corrected chi connectivity index (χ3v) is 3.10. The summed E-state index contributed by atoms with van der Waals surface area (Å²) in [6.45, 7) is 0. The van der Waals surface area contributed by atoms with Crippen LogP contribution in [0.2, 0.25) is 0 Å². The molecule has 1 saturated carbocycles. The Morgan fingerprint density at radius 2 is 2.07 bits per heavy atom. The Balaban J connectivity index is 1.79. The van der Waals surface area contributed by atoms with Gasteiger partial charge in [-0.25, -0.2) is 4.98 Å². The SMILES string of the molecule is Brc1ccc(ONC2CCCCC2)nc1. The highest BCUT2D eigenvalue weighted by Crippen LogP contribution is 2.18.